The fourth-order valence-electron chi connectivity index (χ4n) is 4.62. The van der Waals surface area contributed by atoms with E-state index in [0.29, 0.717) is 23.1 Å². The maximum Gasteiger partial charge on any atom is 0.382 e. The number of hydrogen-bond acceptors (Lipinski definition) is 5. The summed E-state index contributed by atoms with van der Waals surface area (Å²) >= 11 is 6.54. The highest BCUT2D eigenvalue weighted by Crippen LogP contribution is 2.45. The maximum absolute atomic E-state index is 10.6. The molecule has 1 aromatic heterocycles. The fraction of sp³-hybridized carbons (Fsp3) is 0.357. The first-order chi connectivity index (χ1) is 17.0. The number of aromatic nitrogens is 1. The number of piperidine rings is 1. The van der Waals surface area contributed by atoms with Crippen molar-refractivity contribution >= 4 is 23.3 Å². The molecule has 2 aliphatic rings. The molecule has 2 heterocycles. The molecule has 180 valence electrons. The molecule has 2 fully saturated rings. The zero-order valence-electron chi connectivity index (χ0n) is 19.6. The SMILES string of the molecule is Cc1cccc(Cl)c1-c1noc(C2CC2)c1COC1CCN(c2ccc(C#CC(=O)O)cc2)CC1. The molecule has 0 atom stereocenters. The summed E-state index contributed by atoms with van der Waals surface area (Å²) in [6.45, 7) is 4.29. The lowest BCUT2D eigenvalue weighted by molar-refractivity contribution is -0.130. The Balaban J connectivity index is 1.23. The third-order valence-electron chi connectivity index (χ3n) is 6.68. The van der Waals surface area contributed by atoms with Crippen LogP contribution in [0.3, 0.4) is 0 Å². The van der Waals surface area contributed by atoms with Crippen molar-refractivity contribution in [2.24, 2.45) is 0 Å². The highest BCUT2D eigenvalue weighted by Gasteiger charge is 2.34. The van der Waals surface area contributed by atoms with Gasteiger partial charge < -0.3 is 19.3 Å². The summed E-state index contributed by atoms with van der Waals surface area (Å²) in [4.78, 5) is 12.9. The van der Waals surface area contributed by atoms with Crippen LogP contribution in [0, 0.1) is 18.8 Å². The third kappa shape index (κ3) is 5.37. The molecule has 1 N–H and O–H groups in total. The summed E-state index contributed by atoms with van der Waals surface area (Å²) in [5.41, 5.74) is 5.63. The fourth-order valence-corrected chi connectivity index (χ4v) is 4.93. The number of carboxylic acids is 1. The number of hydrogen-bond donors (Lipinski definition) is 1. The molecule has 1 aliphatic heterocycles. The van der Waals surface area contributed by atoms with Crippen molar-refractivity contribution in [3.05, 3.63) is 69.9 Å². The van der Waals surface area contributed by atoms with Crippen molar-refractivity contribution in [2.75, 3.05) is 18.0 Å². The molecule has 3 aromatic rings. The van der Waals surface area contributed by atoms with E-state index in [1.165, 1.54) is 0 Å². The Morgan fingerprint density at radius 2 is 1.91 bits per heavy atom. The van der Waals surface area contributed by atoms with Gasteiger partial charge in [0.15, 0.2) is 0 Å². The van der Waals surface area contributed by atoms with Gasteiger partial charge in [-0.3, -0.25) is 0 Å². The maximum atomic E-state index is 10.6. The number of nitrogens with zero attached hydrogens (tertiary/aromatic N) is 2. The monoisotopic (exact) mass is 490 g/mol. The molecule has 1 saturated heterocycles. The molecule has 35 heavy (non-hydrogen) atoms. The minimum absolute atomic E-state index is 0.161. The van der Waals surface area contributed by atoms with Crippen molar-refractivity contribution in [1.82, 2.24) is 5.16 Å². The zero-order chi connectivity index (χ0) is 24.4. The van der Waals surface area contributed by atoms with E-state index in [1.54, 1.807) is 0 Å². The number of anilines is 1. The minimum Gasteiger partial charge on any atom is -0.472 e. The zero-order valence-corrected chi connectivity index (χ0v) is 20.3. The molecular formula is C28H27ClN2O4. The number of benzene rings is 2. The summed E-state index contributed by atoms with van der Waals surface area (Å²) < 4.78 is 12.2. The first-order valence-electron chi connectivity index (χ1n) is 11.9. The van der Waals surface area contributed by atoms with Gasteiger partial charge in [-0.15, -0.1) is 0 Å². The lowest BCUT2D eigenvalue weighted by Crippen LogP contribution is -2.37. The lowest BCUT2D eigenvalue weighted by atomic mass is 10.0. The van der Waals surface area contributed by atoms with Crippen molar-refractivity contribution in [3.8, 4) is 23.1 Å². The summed E-state index contributed by atoms with van der Waals surface area (Å²) in [5, 5.41) is 13.8. The van der Waals surface area contributed by atoms with Crippen LogP contribution in [0.15, 0.2) is 47.0 Å². The molecule has 1 aliphatic carbocycles. The van der Waals surface area contributed by atoms with Crippen LogP contribution in [-0.4, -0.2) is 35.4 Å². The molecule has 0 spiro atoms. The Bertz CT molecular complexity index is 1260. The Morgan fingerprint density at radius 3 is 2.57 bits per heavy atom. The van der Waals surface area contributed by atoms with Gasteiger partial charge in [0, 0.05) is 47.3 Å². The normalized spacial score (nSPS) is 16.1. The van der Waals surface area contributed by atoms with Gasteiger partial charge in [0.1, 0.15) is 11.5 Å². The van der Waals surface area contributed by atoms with E-state index >= 15 is 0 Å². The van der Waals surface area contributed by atoms with Crippen molar-refractivity contribution in [3.63, 3.8) is 0 Å². The summed E-state index contributed by atoms with van der Waals surface area (Å²) in [6, 6.07) is 13.6. The molecule has 0 amide bonds. The standard InChI is InChI=1S/C28H27ClN2O4/c1-18-3-2-4-24(29)26(18)27-23(28(35-30-27)20-8-9-20)17-34-22-13-15-31(16-14-22)21-10-5-19(6-11-21)7-12-25(32)33/h2-6,10-11,20,22H,8-9,13-17H2,1H3,(H,32,33). The van der Waals surface area contributed by atoms with E-state index < -0.39 is 5.97 Å². The summed E-state index contributed by atoms with van der Waals surface area (Å²) in [6.07, 6.45) is 4.26. The molecule has 0 bridgehead atoms. The van der Waals surface area contributed by atoms with Crippen LogP contribution in [0.4, 0.5) is 5.69 Å². The van der Waals surface area contributed by atoms with Crippen molar-refractivity contribution < 1.29 is 19.2 Å². The highest BCUT2D eigenvalue weighted by molar-refractivity contribution is 6.33. The van der Waals surface area contributed by atoms with Gasteiger partial charge in [0.2, 0.25) is 0 Å². The first-order valence-corrected chi connectivity index (χ1v) is 12.3. The highest BCUT2D eigenvalue weighted by atomic mass is 35.5. The van der Waals surface area contributed by atoms with E-state index in [4.69, 9.17) is 26.0 Å². The number of aryl methyl sites for hydroxylation is 1. The molecule has 0 unspecified atom stereocenters. The van der Waals surface area contributed by atoms with Gasteiger partial charge in [-0.1, -0.05) is 34.8 Å². The van der Waals surface area contributed by atoms with E-state index in [-0.39, 0.29) is 6.10 Å². The summed E-state index contributed by atoms with van der Waals surface area (Å²) in [5.74, 6) is 5.04. The van der Waals surface area contributed by atoms with E-state index in [0.717, 1.165) is 72.6 Å². The first kappa shape index (κ1) is 23.5. The molecule has 1 saturated carbocycles. The van der Waals surface area contributed by atoms with E-state index in [1.807, 2.05) is 49.4 Å². The van der Waals surface area contributed by atoms with Crippen LogP contribution in [-0.2, 0) is 16.1 Å². The number of carboxylic acid groups (broad SMARTS) is 1. The second-order valence-corrected chi connectivity index (χ2v) is 9.59. The molecule has 2 aromatic carbocycles. The molecule has 0 radical (unpaired) electrons. The Hall–Kier alpha value is -3.27. The van der Waals surface area contributed by atoms with Gasteiger partial charge in [0.25, 0.3) is 0 Å². The van der Waals surface area contributed by atoms with E-state index in [9.17, 15) is 4.79 Å². The van der Waals surface area contributed by atoms with Gasteiger partial charge in [-0.25, -0.2) is 4.79 Å². The van der Waals surface area contributed by atoms with Gasteiger partial charge >= 0.3 is 5.97 Å². The number of halogens is 1. The number of ether oxygens (including phenoxy) is 1. The van der Waals surface area contributed by atoms with Crippen LogP contribution >= 0.6 is 11.6 Å². The third-order valence-corrected chi connectivity index (χ3v) is 6.99. The van der Waals surface area contributed by atoms with Gasteiger partial charge in [-0.2, -0.15) is 0 Å². The Kier molecular flexibility index (Phi) is 6.81. The second kappa shape index (κ2) is 10.2. The van der Waals surface area contributed by atoms with Crippen LogP contribution in [0.1, 0.15) is 54.1 Å². The van der Waals surface area contributed by atoms with Crippen LogP contribution in [0.2, 0.25) is 5.02 Å². The van der Waals surface area contributed by atoms with Gasteiger partial charge in [0.05, 0.1) is 17.7 Å². The Morgan fingerprint density at radius 1 is 1.17 bits per heavy atom. The molecule has 5 rings (SSSR count). The minimum atomic E-state index is -1.12. The van der Waals surface area contributed by atoms with Crippen LogP contribution < -0.4 is 4.90 Å². The molecule has 6 nitrogen and oxygen atoms in total. The van der Waals surface area contributed by atoms with Crippen molar-refractivity contribution in [1.29, 1.82) is 0 Å². The average Bonchev–Trinajstić information content (AvgIpc) is 3.62. The van der Waals surface area contributed by atoms with Crippen LogP contribution in [0.5, 0.6) is 0 Å². The number of carbonyl (C=O) groups is 1. The lowest BCUT2D eigenvalue weighted by Gasteiger charge is -2.33. The predicted octanol–water partition coefficient (Wildman–Crippen LogP) is 5.80. The second-order valence-electron chi connectivity index (χ2n) is 9.18. The predicted molar refractivity (Wildman–Crippen MR) is 135 cm³/mol. The van der Waals surface area contributed by atoms with Crippen molar-refractivity contribution in [2.45, 2.75) is 51.2 Å². The topological polar surface area (TPSA) is 75.8 Å². The Labute approximate surface area is 209 Å². The number of aliphatic carboxylic acids is 1. The largest absolute Gasteiger partial charge is 0.472 e. The number of rotatable bonds is 6. The average molecular weight is 491 g/mol. The summed E-state index contributed by atoms with van der Waals surface area (Å²) in [7, 11) is 0. The van der Waals surface area contributed by atoms with Gasteiger partial charge in [-0.05, 0) is 68.5 Å². The molecule has 7 heteroatoms. The van der Waals surface area contributed by atoms with E-state index in [2.05, 4.69) is 21.9 Å². The molecular weight excluding hydrogens is 464 g/mol. The quantitative estimate of drug-likeness (QED) is 0.440. The smallest absolute Gasteiger partial charge is 0.382 e. The van der Waals surface area contributed by atoms with Crippen LogP contribution in [0.25, 0.3) is 11.3 Å².